The van der Waals surface area contributed by atoms with Crippen LogP contribution in [0.2, 0.25) is 0 Å². The minimum Gasteiger partial charge on any atom is -0.361 e. The molecule has 4 heteroatoms. The molecule has 0 aromatic heterocycles. The van der Waals surface area contributed by atoms with Gasteiger partial charge in [-0.25, -0.2) is 0 Å². The molecule has 2 aromatic carbocycles. The van der Waals surface area contributed by atoms with Crippen LogP contribution in [0.3, 0.4) is 0 Å². The lowest BCUT2D eigenvalue weighted by molar-refractivity contribution is 0.0683. The Morgan fingerprint density at radius 3 is 2.82 bits per heavy atom. The molecule has 3 rings (SSSR count). The maximum absolute atomic E-state index is 12.8. The molecule has 1 aliphatic rings. The van der Waals surface area contributed by atoms with Gasteiger partial charge in [-0.3, -0.25) is 4.79 Å². The highest BCUT2D eigenvalue weighted by atomic mass is 16.2. The molecular formula is C18H17N3O. The molecule has 4 nitrogen and oxygen atoms in total. The van der Waals surface area contributed by atoms with Gasteiger partial charge in [-0.15, -0.1) is 0 Å². The van der Waals surface area contributed by atoms with Crippen molar-refractivity contribution in [1.82, 2.24) is 4.90 Å². The third-order valence-corrected chi connectivity index (χ3v) is 3.82. The number of nitrogens with zero attached hydrogens (tertiary/aromatic N) is 2. The van der Waals surface area contributed by atoms with E-state index in [2.05, 4.69) is 18.3 Å². The lowest BCUT2D eigenvalue weighted by Crippen LogP contribution is -2.43. The van der Waals surface area contributed by atoms with Crippen molar-refractivity contribution >= 4 is 11.6 Å². The molecule has 0 spiro atoms. The number of amides is 1. The van der Waals surface area contributed by atoms with Crippen molar-refractivity contribution in [2.45, 2.75) is 19.5 Å². The molecule has 0 aliphatic carbocycles. The summed E-state index contributed by atoms with van der Waals surface area (Å²) in [6, 6.07) is 17.1. The van der Waals surface area contributed by atoms with Crippen LogP contribution in [0.15, 0.2) is 48.5 Å². The third-order valence-electron chi connectivity index (χ3n) is 3.82. The van der Waals surface area contributed by atoms with Gasteiger partial charge in [0.25, 0.3) is 5.91 Å². The average Bonchev–Trinajstić information content (AvgIpc) is 2.57. The second-order valence-corrected chi connectivity index (χ2v) is 5.33. The molecule has 1 aliphatic heterocycles. The SMILES string of the molecule is CCCN1C(=O)c2ccccc2N[C@@H]1c1cccc(C#N)c1. The number of rotatable bonds is 3. The van der Waals surface area contributed by atoms with Crippen LogP contribution >= 0.6 is 0 Å². The van der Waals surface area contributed by atoms with Crippen molar-refractivity contribution in [2.75, 3.05) is 11.9 Å². The number of carbonyl (C=O) groups excluding carboxylic acids is 1. The van der Waals surface area contributed by atoms with Crippen molar-refractivity contribution < 1.29 is 4.79 Å². The van der Waals surface area contributed by atoms with Gasteiger partial charge >= 0.3 is 0 Å². The first kappa shape index (κ1) is 14.2. The molecule has 0 unspecified atom stereocenters. The molecule has 0 bridgehead atoms. The van der Waals surface area contributed by atoms with Gasteiger partial charge in [-0.05, 0) is 36.2 Å². The summed E-state index contributed by atoms with van der Waals surface area (Å²) in [6.45, 7) is 2.72. The third kappa shape index (κ3) is 2.42. The fourth-order valence-electron chi connectivity index (χ4n) is 2.81. The summed E-state index contributed by atoms with van der Waals surface area (Å²) in [6.07, 6.45) is 0.639. The van der Waals surface area contributed by atoms with Gasteiger partial charge in [0, 0.05) is 12.2 Å². The maximum Gasteiger partial charge on any atom is 0.257 e. The standard InChI is InChI=1S/C18H17N3O/c1-2-10-21-17(14-7-5-6-13(11-14)12-19)20-16-9-4-3-8-15(16)18(21)22/h3-9,11,17,20H,2,10H2,1H3/t17-/m0/s1. The van der Waals surface area contributed by atoms with E-state index in [0.29, 0.717) is 17.7 Å². The van der Waals surface area contributed by atoms with Crippen molar-refractivity contribution in [3.63, 3.8) is 0 Å². The zero-order chi connectivity index (χ0) is 15.5. The Hall–Kier alpha value is -2.80. The summed E-state index contributed by atoms with van der Waals surface area (Å²) in [7, 11) is 0. The van der Waals surface area contributed by atoms with E-state index >= 15 is 0 Å². The van der Waals surface area contributed by atoms with E-state index in [1.54, 1.807) is 6.07 Å². The summed E-state index contributed by atoms with van der Waals surface area (Å²) in [5, 5.41) is 12.5. The summed E-state index contributed by atoms with van der Waals surface area (Å²) in [5.74, 6) is 0.0311. The predicted molar refractivity (Wildman–Crippen MR) is 85.3 cm³/mol. The number of benzene rings is 2. The smallest absolute Gasteiger partial charge is 0.257 e. The van der Waals surface area contributed by atoms with E-state index < -0.39 is 0 Å². The molecule has 1 N–H and O–H groups in total. The van der Waals surface area contributed by atoms with E-state index in [4.69, 9.17) is 5.26 Å². The van der Waals surface area contributed by atoms with Gasteiger partial charge in [-0.2, -0.15) is 5.26 Å². The van der Waals surface area contributed by atoms with Crippen molar-refractivity contribution in [3.05, 3.63) is 65.2 Å². The zero-order valence-electron chi connectivity index (χ0n) is 12.4. The average molecular weight is 291 g/mol. The molecule has 22 heavy (non-hydrogen) atoms. The molecular weight excluding hydrogens is 274 g/mol. The van der Waals surface area contributed by atoms with Crippen LogP contribution in [-0.4, -0.2) is 17.4 Å². The normalized spacial score (nSPS) is 16.6. The molecule has 0 saturated carbocycles. The van der Waals surface area contributed by atoms with Crippen molar-refractivity contribution in [3.8, 4) is 6.07 Å². The molecule has 1 amide bonds. The van der Waals surface area contributed by atoms with Crippen LogP contribution in [0.1, 0.15) is 41.0 Å². The zero-order valence-corrected chi connectivity index (χ0v) is 12.4. The minimum absolute atomic E-state index is 0.0311. The van der Waals surface area contributed by atoms with E-state index in [1.807, 2.05) is 47.4 Å². The lowest BCUT2D eigenvalue weighted by Gasteiger charge is -2.38. The Morgan fingerprint density at radius 1 is 1.23 bits per heavy atom. The summed E-state index contributed by atoms with van der Waals surface area (Å²) in [5.41, 5.74) is 3.06. The predicted octanol–water partition coefficient (Wildman–Crippen LogP) is 3.53. The van der Waals surface area contributed by atoms with Gasteiger partial charge in [0.2, 0.25) is 0 Å². The molecule has 1 atom stereocenters. The van der Waals surface area contributed by atoms with E-state index in [9.17, 15) is 4.79 Å². The van der Waals surface area contributed by atoms with E-state index in [0.717, 1.165) is 17.7 Å². The van der Waals surface area contributed by atoms with E-state index in [-0.39, 0.29) is 12.1 Å². The number of fused-ring (bicyclic) bond motifs is 1. The Balaban J connectivity index is 2.05. The number of anilines is 1. The van der Waals surface area contributed by atoms with Crippen LogP contribution in [0.4, 0.5) is 5.69 Å². The fraction of sp³-hybridized carbons (Fsp3) is 0.222. The largest absolute Gasteiger partial charge is 0.361 e. The van der Waals surface area contributed by atoms with Gasteiger partial charge in [0.05, 0.1) is 17.2 Å². The lowest BCUT2D eigenvalue weighted by atomic mass is 10.0. The van der Waals surface area contributed by atoms with Crippen molar-refractivity contribution in [1.29, 1.82) is 5.26 Å². The molecule has 0 saturated heterocycles. The van der Waals surface area contributed by atoms with Crippen LogP contribution in [-0.2, 0) is 0 Å². The van der Waals surface area contributed by atoms with Crippen LogP contribution in [0, 0.1) is 11.3 Å². The number of para-hydroxylation sites is 1. The first-order valence-corrected chi connectivity index (χ1v) is 7.41. The Labute approximate surface area is 130 Å². The second-order valence-electron chi connectivity index (χ2n) is 5.33. The molecule has 0 fully saturated rings. The van der Waals surface area contributed by atoms with Crippen LogP contribution in [0.25, 0.3) is 0 Å². The van der Waals surface area contributed by atoms with Crippen LogP contribution in [0.5, 0.6) is 0 Å². The number of hydrogen-bond acceptors (Lipinski definition) is 3. The first-order chi connectivity index (χ1) is 10.7. The highest BCUT2D eigenvalue weighted by Crippen LogP contribution is 2.33. The van der Waals surface area contributed by atoms with Gasteiger partial charge in [0.1, 0.15) is 6.17 Å². The highest BCUT2D eigenvalue weighted by molar-refractivity contribution is 6.01. The number of carbonyl (C=O) groups is 1. The topological polar surface area (TPSA) is 56.1 Å². The molecule has 110 valence electrons. The summed E-state index contributed by atoms with van der Waals surface area (Å²) in [4.78, 5) is 14.6. The fourth-order valence-corrected chi connectivity index (χ4v) is 2.81. The Kier molecular flexibility index (Phi) is 3.80. The monoisotopic (exact) mass is 291 g/mol. The highest BCUT2D eigenvalue weighted by Gasteiger charge is 2.32. The van der Waals surface area contributed by atoms with Crippen LogP contribution < -0.4 is 5.32 Å². The maximum atomic E-state index is 12.8. The second kappa shape index (κ2) is 5.90. The molecule has 0 radical (unpaired) electrons. The van der Waals surface area contributed by atoms with Gasteiger partial charge in [-0.1, -0.05) is 31.2 Å². The number of hydrogen-bond donors (Lipinski definition) is 1. The summed E-state index contributed by atoms with van der Waals surface area (Å²) >= 11 is 0. The number of nitrogens with one attached hydrogen (secondary N) is 1. The quantitative estimate of drug-likeness (QED) is 0.941. The van der Waals surface area contributed by atoms with E-state index in [1.165, 1.54) is 0 Å². The Morgan fingerprint density at radius 2 is 2.05 bits per heavy atom. The minimum atomic E-state index is -0.240. The van der Waals surface area contributed by atoms with Gasteiger partial charge in [0.15, 0.2) is 0 Å². The van der Waals surface area contributed by atoms with Crippen molar-refractivity contribution in [2.24, 2.45) is 0 Å². The summed E-state index contributed by atoms with van der Waals surface area (Å²) < 4.78 is 0. The Bertz CT molecular complexity index is 748. The molecule has 1 heterocycles. The molecule has 2 aromatic rings. The van der Waals surface area contributed by atoms with Gasteiger partial charge < -0.3 is 10.2 Å². The first-order valence-electron chi connectivity index (χ1n) is 7.41. The number of nitriles is 1.